The molecule has 1 aliphatic heterocycles. The van der Waals surface area contributed by atoms with E-state index in [4.69, 9.17) is 9.52 Å². The van der Waals surface area contributed by atoms with Crippen molar-refractivity contribution in [3.05, 3.63) is 23.7 Å². The van der Waals surface area contributed by atoms with E-state index in [1.54, 1.807) is 0 Å². The average Bonchev–Trinajstić information content (AvgIpc) is 2.98. The smallest absolute Gasteiger partial charge is 0.371 e. The van der Waals surface area contributed by atoms with Gasteiger partial charge in [-0.1, -0.05) is 0 Å². The maximum Gasteiger partial charge on any atom is 0.371 e. The standard InChI is InChI=1S/C13H18N2O4/c1-9(8-15-6-2-3-7-15)14-12(16)10-4-5-11(19-10)13(17)18/h4-5,9H,2-3,6-8H2,1H3,(H,14,16)(H,17,18). The molecule has 1 amide bonds. The summed E-state index contributed by atoms with van der Waals surface area (Å²) in [5.41, 5.74) is 0. The third-order valence-electron chi connectivity index (χ3n) is 3.15. The fourth-order valence-electron chi connectivity index (χ4n) is 2.27. The molecule has 0 radical (unpaired) electrons. The second-order valence-corrected chi connectivity index (χ2v) is 4.85. The van der Waals surface area contributed by atoms with Gasteiger partial charge in [0.15, 0.2) is 5.76 Å². The molecule has 19 heavy (non-hydrogen) atoms. The number of hydrogen-bond donors (Lipinski definition) is 2. The number of aromatic carboxylic acids is 1. The number of carboxylic acids is 1. The topological polar surface area (TPSA) is 82.8 Å². The van der Waals surface area contributed by atoms with Gasteiger partial charge in [0.25, 0.3) is 5.91 Å². The molecule has 1 atom stereocenters. The van der Waals surface area contributed by atoms with E-state index in [0.29, 0.717) is 0 Å². The van der Waals surface area contributed by atoms with Crippen molar-refractivity contribution in [2.75, 3.05) is 19.6 Å². The molecule has 6 nitrogen and oxygen atoms in total. The number of furan rings is 1. The van der Waals surface area contributed by atoms with E-state index < -0.39 is 5.97 Å². The predicted molar refractivity (Wildman–Crippen MR) is 68.3 cm³/mol. The zero-order chi connectivity index (χ0) is 13.8. The molecule has 1 aromatic rings. The van der Waals surface area contributed by atoms with Crippen LogP contribution in [0.15, 0.2) is 16.5 Å². The van der Waals surface area contributed by atoms with Crippen molar-refractivity contribution in [3.63, 3.8) is 0 Å². The van der Waals surface area contributed by atoms with Gasteiger partial charge in [0.1, 0.15) is 0 Å². The highest BCUT2D eigenvalue weighted by Gasteiger charge is 2.19. The van der Waals surface area contributed by atoms with Gasteiger partial charge in [0, 0.05) is 12.6 Å². The Morgan fingerprint density at radius 3 is 2.58 bits per heavy atom. The number of likely N-dealkylation sites (tertiary alicyclic amines) is 1. The molecule has 0 bridgehead atoms. The number of nitrogens with zero attached hydrogens (tertiary/aromatic N) is 1. The first-order valence-electron chi connectivity index (χ1n) is 6.42. The van der Waals surface area contributed by atoms with Gasteiger partial charge in [-0.25, -0.2) is 4.79 Å². The van der Waals surface area contributed by atoms with Crippen molar-refractivity contribution in [3.8, 4) is 0 Å². The van der Waals surface area contributed by atoms with E-state index >= 15 is 0 Å². The molecule has 1 fully saturated rings. The summed E-state index contributed by atoms with van der Waals surface area (Å²) in [5, 5.41) is 11.5. The first kappa shape index (κ1) is 13.6. The van der Waals surface area contributed by atoms with Gasteiger partial charge >= 0.3 is 5.97 Å². The summed E-state index contributed by atoms with van der Waals surface area (Å²) in [6, 6.07) is 2.66. The summed E-state index contributed by atoms with van der Waals surface area (Å²) >= 11 is 0. The second-order valence-electron chi connectivity index (χ2n) is 4.85. The zero-order valence-corrected chi connectivity index (χ0v) is 10.9. The number of hydrogen-bond acceptors (Lipinski definition) is 4. The highest BCUT2D eigenvalue weighted by molar-refractivity contribution is 5.93. The second kappa shape index (κ2) is 5.88. The quantitative estimate of drug-likeness (QED) is 0.836. The lowest BCUT2D eigenvalue weighted by molar-refractivity contribution is 0.0659. The largest absolute Gasteiger partial charge is 0.475 e. The molecule has 0 aromatic carbocycles. The Bertz CT molecular complexity index is 463. The normalized spacial score (nSPS) is 17.3. The molecule has 1 saturated heterocycles. The monoisotopic (exact) mass is 266 g/mol. The molecule has 2 heterocycles. The molecule has 1 aromatic heterocycles. The first-order chi connectivity index (χ1) is 9.06. The minimum absolute atomic E-state index is 0.00368. The molecule has 6 heteroatoms. The lowest BCUT2D eigenvalue weighted by atomic mass is 10.3. The maximum atomic E-state index is 11.8. The van der Waals surface area contributed by atoms with E-state index in [1.165, 1.54) is 25.0 Å². The summed E-state index contributed by atoms with van der Waals surface area (Å²) in [6.45, 7) is 4.88. The van der Waals surface area contributed by atoms with Crippen LogP contribution in [0.2, 0.25) is 0 Å². The van der Waals surface area contributed by atoms with Gasteiger partial charge in [-0.2, -0.15) is 0 Å². The first-order valence-corrected chi connectivity index (χ1v) is 6.42. The Balaban J connectivity index is 1.86. The van der Waals surface area contributed by atoms with Crippen molar-refractivity contribution in [1.82, 2.24) is 10.2 Å². The third-order valence-corrected chi connectivity index (χ3v) is 3.15. The number of nitrogens with one attached hydrogen (secondary N) is 1. The minimum atomic E-state index is -1.18. The number of amides is 1. The Hall–Kier alpha value is -1.82. The molecule has 0 saturated carbocycles. The van der Waals surface area contributed by atoms with Gasteiger partial charge in [0.05, 0.1) is 0 Å². The van der Waals surface area contributed by atoms with Gasteiger partial charge in [-0.3, -0.25) is 4.79 Å². The SMILES string of the molecule is CC(CN1CCCC1)NC(=O)c1ccc(C(=O)O)o1. The van der Waals surface area contributed by atoms with E-state index in [2.05, 4.69) is 10.2 Å². The zero-order valence-electron chi connectivity index (χ0n) is 10.9. The maximum absolute atomic E-state index is 11.8. The van der Waals surface area contributed by atoms with Gasteiger partial charge in [-0.05, 0) is 45.0 Å². The van der Waals surface area contributed by atoms with Crippen LogP contribution in [-0.2, 0) is 0 Å². The van der Waals surface area contributed by atoms with Crippen LogP contribution in [0, 0.1) is 0 Å². The van der Waals surface area contributed by atoms with Gasteiger partial charge < -0.3 is 19.7 Å². The fraction of sp³-hybridized carbons (Fsp3) is 0.538. The highest BCUT2D eigenvalue weighted by Crippen LogP contribution is 2.10. The molecule has 0 spiro atoms. The highest BCUT2D eigenvalue weighted by atomic mass is 16.4. The molecular weight excluding hydrogens is 248 g/mol. The van der Waals surface area contributed by atoms with E-state index in [-0.39, 0.29) is 23.5 Å². The van der Waals surface area contributed by atoms with Crippen LogP contribution in [0.5, 0.6) is 0 Å². The van der Waals surface area contributed by atoms with Crippen molar-refractivity contribution < 1.29 is 19.1 Å². The third kappa shape index (κ3) is 3.57. The van der Waals surface area contributed by atoms with E-state index in [9.17, 15) is 9.59 Å². The van der Waals surface area contributed by atoms with Gasteiger partial charge in [0.2, 0.25) is 5.76 Å². The number of rotatable bonds is 5. The lowest BCUT2D eigenvalue weighted by Crippen LogP contribution is -2.40. The predicted octanol–water partition coefficient (Wildman–Crippen LogP) is 1.19. The summed E-state index contributed by atoms with van der Waals surface area (Å²) in [5.74, 6) is -1.74. The molecule has 2 N–H and O–H groups in total. The van der Waals surface area contributed by atoms with Crippen LogP contribution in [-0.4, -0.2) is 47.6 Å². The molecule has 104 valence electrons. The Morgan fingerprint density at radius 1 is 1.37 bits per heavy atom. The van der Waals surface area contributed by atoms with Crippen LogP contribution in [0.25, 0.3) is 0 Å². The number of carbonyl (C=O) groups excluding carboxylic acids is 1. The Labute approximate surface area is 111 Å². The minimum Gasteiger partial charge on any atom is -0.475 e. The Morgan fingerprint density at radius 2 is 2.00 bits per heavy atom. The molecule has 2 rings (SSSR count). The van der Waals surface area contributed by atoms with Crippen molar-refractivity contribution in [1.29, 1.82) is 0 Å². The fourth-order valence-corrected chi connectivity index (χ4v) is 2.27. The summed E-state index contributed by atoms with van der Waals surface area (Å²) in [4.78, 5) is 24.8. The van der Waals surface area contributed by atoms with Crippen LogP contribution in [0.1, 0.15) is 40.9 Å². The van der Waals surface area contributed by atoms with Crippen LogP contribution < -0.4 is 5.32 Å². The van der Waals surface area contributed by atoms with Crippen molar-refractivity contribution in [2.45, 2.75) is 25.8 Å². The van der Waals surface area contributed by atoms with Gasteiger partial charge in [-0.15, -0.1) is 0 Å². The summed E-state index contributed by atoms with van der Waals surface area (Å²) in [6.07, 6.45) is 2.42. The van der Waals surface area contributed by atoms with Crippen molar-refractivity contribution >= 4 is 11.9 Å². The number of carboxylic acid groups (broad SMARTS) is 1. The van der Waals surface area contributed by atoms with E-state index in [0.717, 1.165) is 19.6 Å². The van der Waals surface area contributed by atoms with E-state index in [1.807, 2.05) is 6.92 Å². The summed E-state index contributed by atoms with van der Waals surface area (Å²) < 4.78 is 4.95. The molecular formula is C13H18N2O4. The summed E-state index contributed by atoms with van der Waals surface area (Å²) in [7, 11) is 0. The van der Waals surface area contributed by atoms with Crippen LogP contribution in [0.4, 0.5) is 0 Å². The lowest BCUT2D eigenvalue weighted by Gasteiger charge is -2.20. The number of carbonyl (C=O) groups is 2. The molecule has 1 unspecified atom stereocenters. The Kier molecular flexibility index (Phi) is 4.21. The van der Waals surface area contributed by atoms with Crippen LogP contribution in [0.3, 0.4) is 0 Å². The van der Waals surface area contributed by atoms with Crippen molar-refractivity contribution in [2.24, 2.45) is 0 Å². The molecule has 1 aliphatic rings. The average molecular weight is 266 g/mol. The molecule has 0 aliphatic carbocycles. The van der Waals surface area contributed by atoms with Crippen LogP contribution >= 0.6 is 0 Å².